The van der Waals surface area contributed by atoms with Gasteiger partial charge in [0.15, 0.2) is 0 Å². The molecule has 0 heterocycles. The lowest BCUT2D eigenvalue weighted by molar-refractivity contribution is -0.384. The maximum Gasteiger partial charge on any atom is 0.488 e. The van der Waals surface area contributed by atoms with Gasteiger partial charge in [-0.25, -0.2) is 0 Å². The van der Waals surface area contributed by atoms with Crippen molar-refractivity contribution in [2.45, 2.75) is 16.7 Å². The van der Waals surface area contributed by atoms with E-state index < -0.39 is 13.2 Å². The van der Waals surface area contributed by atoms with Crippen LogP contribution in [0.4, 0.5) is 5.69 Å². The normalized spacial score (nSPS) is 10.4. The van der Waals surface area contributed by atoms with Crippen LogP contribution in [0.1, 0.15) is 6.92 Å². The molecule has 0 N–H and O–H groups in total. The van der Waals surface area contributed by atoms with Crippen LogP contribution in [0.15, 0.2) is 64.4 Å². The third kappa shape index (κ3) is 7.28. The van der Waals surface area contributed by atoms with E-state index in [4.69, 9.17) is 0 Å². The van der Waals surface area contributed by atoms with Gasteiger partial charge in [0, 0.05) is 21.9 Å². The van der Waals surface area contributed by atoms with Crippen molar-refractivity contribution in [2.24, 2.45) is 0 Å². The van der Waals surface area contributed by atoms with Crippen LogP contribution >= 0.6 is 20.0 Å². The van der Waals surface area contributed by atoms with Gasteiger partial charge >= 0.3 is 8.25 Å². The van der Waals surface area contributed by atoms with E-state index in [-0.39, 0.29) is 12.3 Å². The quantitative estimate of drug-likeness (QED) is 0.467. The smallest absolute Gasteiger partial charge is 0.488 e. The Morgan fingerprint density at radius 2 is 1.64 bits per heavy atom. The molecule has 0 aromatic heterocycles. The van der Waals surface area contributed by atoms with Crippen LogP contribution < -0.4 is 4.89 Å². The zero-order valence-corrected chi connectivity index (χ0v) is 13.5. The van der Waals surface area contributed by atoms with E-state index in [1.54, 1.807) is 30.8 Å². The molecule has 0 aliphatic rings. The molecule has 0 aliphatic heterocycles. The van der Waals surface area contributed by atoms with Gasteiger partial charge in [-0.3, -0.25) is 10.1 Å². The summed E-state index contributed by atoms with van der Waals surface area (Å²) in [5, 5.41) is 10.5. The minimum atomic E-state index is -2.60. The van der Waals surface area contributed by atoms with E-state index in [2.05, 4.69) is 4.52 Å². The Kier molecular flexibility index (Phi) is 8.32. The molecule has 0 fully saturated rings. The summed E-state index contributed by atoms with van der Waals surface area (Å²) in [4.78, 5) is 21.6. The van der Waals surface area contributed by atoms with E-state index in [0.717, 1.165) is 9.79 Å². The highest BCUT2D eigenvalue weighted by Crippen LogP contribution is 2.28. The molecule has 116 valence electrons. The third-order valence-corrected chi connectivity index (χ3v) is 3.75. The molecule has 1 atom stereocenters. The number of hydrogen-bond donors (Lipinski definition) is 0. The van der Waals surface area contributed by atoms with Crippen molar-refractivity contribution in [1.82, 2.24) is 0 Å². The first-order chi connectivity index (χ1) is 10.5. The summed E-state index contributed by atoms with van der Waals surface area (Å²) < 4.78 is 13.4. The molecule has 0 radical (unpaired) electrons. The number of nitro groups is 1. The van der Waals surface area contributed by atoms with Gasteiger partial charge in [0.1, 0.15) is 0 Å². The first-order valence-corrected chi connectivity index (χ1v) is 8.18. The highest BCUT2D eigenvalue weighted by atomic mass is 32.2. The Morgan fingerprint density at radius 1 is 1.09 bits per heavy atom. The first kappa shape index (κ1) is 18.3. The lowest BCUT2D eigenvalue weighted by Crippen LogP contribution is -1.88. The number of hydrogen-bond acceptors (Lipinski definition) is 6. The van der Waals surface area contributed by atoms with Crippen LogP contribution in [-0.4, -0.2) is 11.5 Å². The largest absolute Gasteiger partial charge is 0.566 e. The maximum atomic E-state index is 10.5. The molecule has 6 nitrogen and oxygen atoms in total. The highest BCUT2D eigenvalue weighted by molar-refractivity contribution is 7.99. The lowest BCUT2D eigenvalue weighted by Gasteiger charge is -2.00. The predicted octanol–water partition coefficient (Wildman–Crippen LogP) is 3.79. The zero-order chi connectivity index (χ0) is 16.4. The molecule has 1 unspecified atom stereocenters. The summed E-state index contributed by atoms with van der Waals surface area (Å²) in [6.45, 7) is 1.85. The minimum Gasteiger partial charge on any atom is -0.566 e. The molecule has 0 spiro atoms. The van der Waals surface area contributed by atoms with E-state index >= 15 is 0 Å². The van der Waals surface area contributed by atoms with Crippen LogP contribution in [0.3, 0.4) is 0 Å². The molecule has 22 heavy (non-hydrogen) atoms. The van der Waals surface area contributed by atoms with Crippen molar-refractivity contribution in [2.75, 3.05) is 6.61 Å². The van der Waals surface area contributed by atoms with Crippen LogP contribution in [0, 0.1) is 10.1 Å². The summed E-state index contributed by atoms with van der Waals surface area (Å²) in [5.41, 5.74) is 0.123. The van der Waals surface area contributed by atoms with E-state index in [1.807, 2.05) is 30.3 Å². The highest BCUT2D eigenvalue weighted by Gasteiger charge is 2.04. The monoisotopic (exact) mass is 339 g/mol. The topological polar surface area (TPSA) is 92.5 Å². The summed E-state index contributed by atoms with van der Waals surface area (Å²) in [5.74, 6) is 0. The number of rotatable bonds is 5. The Morgan fingerprint density at radius 3 is 2.05 bits per heavy atom. The number of nitrogens with zero attached hydrogens (tertiary/aromatic N) is 1. The number of non-ortho nitro benzene ring substituents is 1. The van der Waals surface area contributed by atoms with E-state index in [0.29, 0.717) is 0 Å². The summed E-state index contributed by atoms with van der Waals surface area (Å²) in [6.07, 6.45) is 0. The molecule has 2 aromatic carbocycles. The van der Waals surface area contributed by atoms with E-state index in [9.17, 15) is 19.6 Å². The maximum absolute atomic E-state index is 10.5. The summed E-state index contributed by atoms with van der Waals surface area (Å²) in [7, 11) is -2.60. The lowest BCUT2D eigenvalue weighted by atomic mass is 10.3. The molecule has 8 heteroatoms. The standard InChI is InChI=1S/C12H9NO2S.C2H5O3P/c14-13(15)10-6-8-12(9-7-10)16-11-4-2-1-3-5-11;1-2-5-6(3)4/h1-9H;2H2,1H3. The van der Waals surface area contributed by atoms with Gasteiger partial charge in [0.25, 0.3) is 5.69 Å². The Hall–Kier alpha value is -1.79. The zero-order valence-electron chi connectivity index (χ0n) is 11.7. The Balaban J connectivity index is 0.000000346. The van der Waals surface area contributed by atoms with Crippen LogP contribution in [-0.2, 0) is 9.09 Å². The predicted molar refractivity (Wildman–Crippen MR) is 82.9 cm³/mol. The number of nitro benzene ring substituents is 1. The molecule has 2 aromatic rings. The van der Waals surface area contributed by atoms with Crippen molar-refractivity contribution >= 4 is 25.7 Å². The molecular weight excluding hydrogens is 325 g/mol. The van der Waals surface area contributed by atoms with Gasteiger partial charge in [0.2, 0.25) is 0 Å². The average molecular weight is 339 g/mol. The van der Waals surface area contributed by atoms with Crippen molar-refractivity contribution in [3.63, 3.8) is 0 Å². The van der Waals surface area contributed by atoms with Gasteiger partial charge in [0.05, 0.1) is 11.5 Å². The Labute approximate surface area is 133 Å². The first-order valence-electron chi connectivity index (χ1n) is 6.27. The van der Waals surface area contributed by atoms with Gasteiger partial charge in [-0.1, -0.05) is 30.0 Å². The second-order valence-electron chi connectivity index (χ2n) is 3.81. The molecule has 0 saturated carbocycles. The van der Waals surface area contributed by atoms with Gasteiger partial charge in [-0.05, 0) is 35.8 Å². The van der Waals surface area contributed by atoms with Crippen molar-refractivity contribution < 1.29 is 18.9 Å². The SMILES string of the molecule is CCO[P+](=O)[O-].O=[N+]([O-])c1ccc(Sc2ccccc2)cc1. The molecular formula is C14H14NO5PS. The van der Waals surface area contributed by atoms with Gasteiger partial charge < -0.3 is 4.89 Å². The molecule has 0 bridgehead atoms. The number of benzene rings is 2. The molecule has 0 amide bonds. The van der Waals surface area contributed by atoms with Crippen molar-refractivity contribution in [1.29, 1.82) is 0 Å². The second-order valence-corrected chi connectivity index (χ2v) is 5.66. The van der Waals surface area contributed by atoms with Crippen LogP contribution in [0.25, 0.3) is 0 Å². The van der Waals surface area contributed by atoms with Crippen LogP contribution in [0.2, 0.25) is 0 Å². The van der Waals surface area contributed by atoms with E-state index in [1.165, 1.54) is 12.1 Å². The van der Waals surface area contributed by atoms with Crippen LogP contribution in [0.5, 0.6) is 0 Å². The Bertz CT molecular complexity index is 606. The molecule has 0 saturated heterocycles. The molecule has 0 aliphatic carbocycles. The van der Waals surface area contributed by atoms with Crippen molar-refractivity contribution in [3.8, 4) is 0 Å². The molecule has 2 rings (SSSR count). The third-order valence-electron chi connectivity index (χ3n) is 2.26. The van der Waals surface area contributed by atoms with Gasteiger partial charge in [-0.15, -0.1) is 4.52 Å². The summed E-state index contributed by atoms with van der Waals surface area (Å²) in [6, 6.07) is 16.5. The van der Waals surface area contributed by atoms with Gasteiger partial charge in [-0.2, -0.15) is 0 Å². The second kappa shape index (κ2) is 10.0. The van der Waals surface area contributed by atoms with Crippen molar-refractivity contribution in [3.05, 3.63) is 64.7 Å². The fourth-order valence-electron chi connectivity index (χ4n) is 1.37. The fourth-order valence-corrected chi connectivity index (χ4v) is 2.41. The fraction of sp³-hybridized carbons (Fsp3) is 0.143. The average Bonchev–Trinajstić information content (AvgIpc) is 2.49. The summed E-state index contributed by atoms with van der Waals surface area (Å²) >= 11 is 1.59. The minimum absolute atomic E-state index is 0.123.